The van der Waals surface area contributed by atoms with Crippen molar-refractivity contribution in [2.75, 3.05) is 0 Å². The number of nitrogens with two attached hydrogens (primary N) is 1. The van der Waals surface area contributed by atoms with E-state index in [9.17, 15) is 0 Å². The van der Waals surface area contributed by atoms with E-state index in [2.05, 4.69) is 0 Å². The molecule has 0 unspecified atom stereocenters. The van der Waals surface area contributed by atoms with Gasteiger partial charge in [0.05, 0.1) is 0 Å². The summed E-state index contributed by atoms with van der Waals surface area (Å²) in [5.74, 6) is 0.953. The van der Waals surface area contributed by atoms with Crippen LogP contribution in [-0.4, -0.2) is 0 Å². The fourth-order valence-electron chi connectivity index (χ4n) is 0.563. The van der Waals surface area contributed by atoms with Crippen LogP contribution >= 0.6 is 8.60 Å². The predicted octanol–water partition coefficient (Wildman–Crippen LogP) is 0.651. The summed E-state index contributed by atoms with van der Waals surface area (Å²) in [5.41, 5.74) is 0. The van der Waals surface area contributed by atoms with Crippen LogP contribution in [-0.2, 0) is 4.52 Å². The molecule has 1 aliphatic rings. The van der Waals surface area contributed by atoms with E-state index in [1.54, 1.807) is 0 Å². The summed E-state index contributed by atoms with van der Waals surface area (Å²) in [6.45, 7) is 0. The van der Waals surface area contributed by atoms with Crippen LogP contribution in [0.2, 0.25) is 0 Å². The van der Waals surface area contributed by atoms with E-state index in [1.807, 2.05) is 18.2 Å². The van der Waals surface area contributed by atoms with Gasteiger partial charge in [-0.25, -0.2) is 5.16 Å². The molecule has 0 bridgehead atoms. The number of rotatable bonds is 2. The molecule has 0 radical (unpaired) electrons. The average molecular weight is 128 g/mol. The summed E-state index contributed by atoms with van der Waals surface area (Å²) >= 11 is 0. The summed E-state index contributed by atoms with van der Waals surface area (Å²) in [4.78, 5) is 0. The molecule has 2 N–H and O–H groups in total. The van der Waals surface area contributed by atoms with Crippen molar-refractivity contribution in [2.45, 2.75) is 6.42 Å². The van der Waals surface area contributed by atoms with Crippen LogP contribution in [0, 0.1) is 0 Å². The molecule has 0 atom stereocenters. The standard InChI is InChI=1S/C5H6NOP/c6-8-7-5-3-1-2-4-5/h1-3,6H,4H2/p+1. The van der Waals surface area contributed by atoms with Gasteiger partial charge in [0, 0.05) is 6.42 Å². The monoisotopic (exact) mass is 128 g/mol. The van der Waals surface area contributed by atoms with E-state index in [-0.39, 0.29) is 0 Å². The van der Waals surface area contributed by atoms with Gasteiger partial charge in [0.25, 0.3) is 0 Å². The quantitative estimate of drug-likeness (QED) is 0.544. The number of hydrogen-bond donors (Lipinski definition) is 1. The zero-order valence-corrected chi connectivity index (χ0v) is 5.27. The minimum atomic E-state index is 0.487. The normalized spacial score (nSPS) is 16.8. The lowest BCUT2D eigenvalue weighted by Gasteiger charge is -1.89. The van der Waals surface area contributed by atoms with Gasteiger partial charge in [-0.05, 0) is 6.08 Å². The van der Waals surface area contributed by atoms with Crippen molar-refractivity contribution in [3.8, 4) is 0 Å². The minimum Gasteiger partial charge on any atom is -0.394 e. The Kier molecular flexibility index (Phi) is 1.81. The third-order valence-corrected chi connectivity index (χ3v) is 1.25. The Balaban J connectivity index is 2.39. The van der Waals surface area contributed by atoms with Crippen molar-refractivity contribution >= 4 is 8.60 Å². The minimum absolute atomic E-state index is 0.487. The topological polar surface area (TPSA) is 34.8 Å². The molecule has 0 saturated carbocycles. The van der Waals surface area contributed by atoms with Crippen LogP contribution in [0.15, 0.2) is 24.0 Å². The van der Waals surface area contributed by atoms with Gasteiger partial charge in [0.15, 0.2) is 0 Å². The van der Waals surface area contributed by atoms with Crippen LogP contribution in [0.25, 0.3) is 0 Å². The lowest BCUT2D eigenvalue weighted by molar-refractivity contribution is -0.0857. The first-order chi connectivity index (χ1) is 3.93. The van der Waals surface area contributed by atoms with E-state index in [0.717, 1.165) is 12.2 Å². The van der Waals surface area contributed by atoms with Crippen LogP contribution < -0.4 is 5.16 Å². The molecule has 42 valence electrons. The molecule has 0 aliphatic heterocycles. The predicted molar refractivity (Wildman–Crippen MR) is 31.8 cm³/mol. The molecule has 0 heterocycles. The first-order valence-corrected chi connectivity index (χ1v) is 3.24. The van der Waals surface area contributed by atoms with Crippen molar-refractivity contribution in [1.29, 1.82) is 0 Å². The second-order valence-corrected chi connectivity index (χ2v) is 1.86. The van der Waals surface area contributed by atoms with Crippen LogP contribution in [0.5, 0.6) is 0 Å². The lowest BCUT2D eigenvalue weighted by Crippen LogP contribution is -2.16. The van der Waals surface area contributed by atoms with Gasteiger partial charge < -0.3 is 4.52 Å². The molecule has 0 amide bonds. The Bertz CT molecular complexity index is 151. The molecule has 0 aromatic carbocycles. The highest BCUT2D eigenvalue weighted by atomic mass is 31.1. The Morgan fingerprint density at radius 2 is 2.62 bits per heavy atom. The van der Waals surface area contributed by atoms with E-state index in [0.29, 0.717) is 8.60 Å². The highest BCUT2D eigenvalue weighted by Crippen LogP contribution is 2.14. The second-order valence-electron chi connectivity index (χ2n) is 1.46. The van der Waals surface area contributed by atoms with E-state index < -0.39 is 0 Å². The van der Waals surface area contributed by atoms with Crippen LogP contribution in [0.4, 0.5) is 0 Å². The van der Waals surface area contributed by atoms with Gasteiger partial charge >= 0.3 is 8.60 Å². The number of hydrogen-bond acceptors (Lipinski definition) is 1. The van der Waals surface area contributed by atoms with Crippen molar-refractivity contribution < 1.29 is 9.69 Å². The van der Waals surface area contributed by atoms with Crippen LogP contribution in [0.1, 0.15) is 6.42 Å². The number of allylic oxidation sites excluding steroid dienone is 3. The van der Waals surface area contributed by atoms with Gasteiger partial charge in [0.2, 0.25) is 0 Å². The van der Waals surface area contributed by atoms with Crippen molar-refractivity contribution in [2.24, 2.45) is 0 Å². The Morgan fingerprint density at radius 1 is 1.75 bits per heavy atom. The van der Waals surface area contributed by atoms with Gasteiger partial charge in [-0.15, -0.1) is 0 Å². The summed E-state index contributed by atoms with van der Waals surface area (Å²) in [7, 11) is 0.487. The van der Waals surface area contributed by atoms with Gasteiger partial charge in [-0.1, -0.05) is 12.2 Å². The first kappa shape index (κ1) is 5.52. The Labute approximate surface area is 49.6 Å². The van der Waals surface area contributed by atoms with Gasteiger partial charge in [-0.3, -0.25) is 0 Å². The maximum Gasteiger partial charge on any atom is 0.461 e. The smallest absolute Gasteiger partial charge is 0.394 e. The Morgan fingerprint density at radius 3 is 3.12 bits per heavy atom. The maximum atomic E-state index is 5.09. The zero-order chi connectivity index (χ0) is 5.82. The highest BCUT2D eigenvalue weighted by Gasteiger charge is 1.98. The maximum absolute atomic E-state index is 5.09. The summed E-state index contributed by atoms with van der Waals surface area (Å²) in [5, 5.41) is 5.09. The molecule has 1 aliphatic carbocycles. The van der Waals surface area contributed by atoms with Gasteiger partial charge in [-0.2, -0.15) is 0 Å². The Hall–Kier alpha value is -0.620. The molecule has 1 rings (SSSR count). The van der Waals surface area contributed by atoms with Crippen molar-refractivity contribution in [1.82, 2.24) is 0 Å². The van der Waals surface area contributed by atoms with Crippen molar-refractivity contribution in [3.63, 3.8) is 0 Å². The molecule has 8 heavy (non-hydrogen) atoms. The third-order valence-electron chi connectivity index (χ3n) is 0.907. The first-order valence-electron chi connectivity index (χ1n) is 2.36. The molecule has 0 aromatic heterocycles. The van der Waals surface area contributed by atoms with Crippen molar-refractivity contribution in [3.05, 3.63) is 24.0 Å². The zero-order valence-electron chi connectivity index (χ0n) is 4.37. The fourth-order valence-corrected chi connectivity index (χ4v) is 0.834. The van der Waals surface area contributed by atoms with E-state index in [1.165, 1.54) is 0 Å². The summed E-state index contributed by atoms with van der Waals surface area (Å²) in [6.07, 6.45) is 6.80. The molecule has 0 saturated heterocycles. The van der Waals surface area contributed by atoms with E-state index in [4.69, 9.17) is 9.69 Å². The fraction of sp³-hybridized carbons (Fsp3) is 0.200. The molecular formula is C5H7NOP+. The highest BCUT2D eigenvalue weighted by molar-refractivity contribution is 7.16. The van der Waals surface area contributed by atoms with Crippen LogP contribution in [0.3, 0.4) is 0 Å². The molecule has 3 heteroatoms. The lowest BCUT2D eigenvalue weighted by atomic mass is 10.4. The molecular weight excluding hydrogens is 121 g/mol. The SMILES string of the molecule is [NH2+]=POC1=CC=CC1. The molecule has 0 fully saturated rings. The summed E-state index contributed by atoms with van der Waals surface area (Å²) in [6, 6.07) is 0. The van der Waals surface area contributed by atoms with Gasteiger partial charge in [0.1, 0.15) is 5.76 Å². The molecule has 0 spiro atoms. The molecule has 2 nitrogen and oxygen atoms in total. The third kappa shape index (κ3) is 1.17. The molecule has 0 aromatic rings. The average Bonchev–Trinajstić information content (AvgIpc) is 2.19. The second kappa shape index (κ2) is 2.63. The van der Waals surface area contributed by atoms with E-state index >= 15 is 0 Å². The summed E-state index contributed by atoms with van der Waals surface area (Å²) < 4.78 is 4.95. The largest absolute Gasteiger partial charge is 0.461 e.